The van der Waals surface area contributed by atoms with Gasteiger partial charge in [0.15, 0.2) is 6.61 Å². The summed E-state index contributed by atoms with van der Waals surface area (Å²) in [5.41, 5.74) is 9.34. The normalized spacial score (nSPS) is 11.2. The first-order valence-corrected chi connectivity index (χ1v) is 11.0. The van der Waals surface area contributed by atoms with Gasteiger partial charge in [-0.15, -0.1) is 0 Å². The number of ether oxygens (including phenoxy) is 2. The van der Waals surface area contributed by atoms with Crippen LogP contribution in [0.4, 0.5) is 0 Å². The van der Waals surface area contributed by atoms with Gasteiger partial charge in [-0.3, -0.25) is 9.59 Å². The third kappa shape index (κ3) is 5.22. The van der Waals surface area contributed by atoms with Gasteiger partial charge in [0.05, 0.1) is 23.1 Å². The number of amides is 1. The molecule has 0 unspecified atom stereocenters. The molecule has 2 aromatic heterocycles. The lowest BCUT2D eigenvalue weighted by Gasteiger charge is -2.14. The number of Topliss-reactive ketones (excluding diaryl/α,β-unsaturated/α-hetero) is 1. The lowest BCUT2D eigenvalue weighted by molar-refractivity contribution is -0.145. The van der Waals surface area contributed by atoms with Crippen molar-refractivity contribution in [2.75, 3.05) is 13.2 Å². The summed E-state index contributed by atoms with van der Waals surface area (Å²) in [6.45, 7) is 11.2. The maximum Gasteiger partial charge on any atom is 0.344 e. The third-order valence-electron chi connectivity index (χ3n) is 5.46. The van der Waals surface area contributed by atoms with Gasteiger partial charge >= 0.3 is 5.97 Å². The molecule has 0 bridgehead atoms. The van der Waals surface area contributed by atoms with Gasteiger partial charge in [0.2, 0.25) is 5.88 Å². The number of aromatic nitrogens is 2. The molecule has 2 heterocycles. The molecule has 1 aromatic carbocycles. The van der Waals surface area contributed by atoms with E-state index in [0.29, 0.717) is 23.1 Å². The zero-order chi connectivity index (χ0) is 25.5. The van der Waals surface area contributed by atoms with E-state index in [4.69, 9.17) is 15.2 Å². The van der Waals surface area contributed by atoms with Crippen LogP contribution in [0.3, 0.4) is 0 Å². The van der Waals surface area contributed by atoms with Gasteiger partial charge < -0.3 is 19.8 Å². The molecule has 0 aliphatic heterocycles. The molecular weight excluding hydrogens is 446 g/mol. The summed E-state index contributed by atoms with van der Waals surface area (Å²) in [5.74, 6) is -2.51. The first kappa shape index (κ1) is 25.2. The van der Waals surface area contributed by atoms with Crippen molar-refractivity contribution < 1.29 is 23.9 Å². The van der Waals surface area contributed by atoms with Gasteiger partial charge in [-0.25, -0.2) is 9.78 Å². The molecule has 35 heavy (non-hydrogen) atoms. The van der Waals surface area contributed by atoms with Crippen LogP contribution in [0, 0.1) is 6.92 Å². The van der Waals surface area contributed by atoms with Crippen LogP contribution in [0.25, 0.3) is 16.5 Å². The number of rotatable bonds is 11. The summed E-state index contributed by atoms with van der Waals surface area (Å²) in [4.78, 5) is 40.8. The largest absolute Gasteiger partial charge is 0.465 e. The van der Waals surface area contributed by atoms with Crippen LogP contribution in [0.1, 0.15) is 34.1 Å². The minimum Gasteiger partial charge on any atom is -0.465 e. The molecule has 0 saturated heterocycles. The second-order valence-electron chi connectivity index (χ2n) is 7.56. The number of hydrogen-bond acceptors (Lipinski definition) is 6. The van der Waals surface area contributed by atoms with Gasteiger partial charge in [0.25, 0.3) is 11.7 Å². The predicted molar refractivity (Wildman–Crippen MR) is 134 cm³/mol. The van der Waals surface area contributed by atoms with Crippen LogP contribution in [-0.4, -0.2) is 40.4 Å². The molecule has 1 amide bonds. The topological polar surface area (TPSA) is 114 Å². The molecule has 2 N–H and O–H groups in total. The fourth-order valence-corrected chi connectivity index (χ4v) is 3.94. The number of carbonyl (C=O) groups excluding carboxylic acids is 3. The summed E-state index contributed by atoms with van der Waals surface area (Å²) >= 11 is 0. The second-order valence-corrected chi connectivity index (χ2v) is 7.56. The maximum atomic E-state index is 12.8. The Morgan fingerprint density at radius 3 is 2.57 bits per heavy atom. The minimum absolute atomic E-state index is 0.0358. The monoisotopic (exact) mass is 473 g/mol. The molecule has 0 aliphatic rings. The molecular formula is C27H27N3O5. The summed E-state index contributed by atoms with van der Waals surface area (Å²) in [6.07, 6.45) is 6.80. The molecule has 0 spiro atoms. The van der Waals surface area contributed by atoms with E-state index in [9.17, 15) is 14.4 Å². The highest BCUT2D eigenvalue weighted by Crippen LogP contribution is 2.34. The van der Waals surface area contributed by atoms with E-state index in [1.807, 2.05) is 34.9 Å². The summed E-state index contributed by atoms with van der Waals surface area (Å²) in [6, 6.07) is 9.49. The van der Waals surface area contributed by atoms with Gasteiger partial charge in [0.1, 0.15) is 0 Å². The van der Waals surface area contributed by atoms with Crippen molar-refractivity contribution in [3.05, 3.63) is 90.3 Å². The number of pyridine rings is 1. The van der Waals surface area contributed by atoms with E-state index in [1.165, 1.54) is 6.20 Å². The van der Waals surface area contributed by atoms with E-state index in [0.717, 1.165) is 16.7 Å². The number of allylic oxidation sites excluding steroid dienone is 4. The maximum absolute atomic E-state index is 12.8. The Kier molecular flexibility index (Phi) is 7.99. The Morgan fingerprint density at radius 2 is 1.91 bits per heavy atom. The lowest BCUT2D eigenvalue weighted by atomic mass is 9.99. The number of nitrogens with zero attached hydrogens (tertiary/aromatic N) is 2. The van der Waals surface area contributed by atoms with Crippen LogP contribution in [0.15, 0.2) is 67.9 Å². The standard InChI is InChI=1S/C27H27N3O5/c1-5-10-18(6-2)20-12-9-8-11-19(20)15-30-17(4)23(25(32)26(28)33)24-21(30)13-14-29-27(24)35-16-22(31)34-7-3/h5-6,8-14H,1-2,7,15-16H2,3-4H3,(H2,28,33)/b18-10+. The number of hydrogen-bond donors (Lipinski definition) is 1. The van der Waals surface area contributed by atoms with Crippen molar-refractivity contribution >= 4 is 34.1 Å². The molecule has 0 radical (unpaired) electrons. The van der Waals surface area contributed by atoms with E-state index < -0.39 is 24.3 Å². The van der Waals surface area contributed by atoms with Crippen LogP contribution in [-0.2, 0) is 20.9 Å². The molecule has 0 saturated carbocycles. The van der Waals surface area contributed by atoms with Crippen molar-refractivity contribution in [2.24, 2.45) is 5.73 Å². The van der Waals surface area contributed by atoms with Gasteiger partial charge in [-0.1, -0.05) is 55.7 Å². The van der Waals surface area contributed by atoms with E-state index >= 15 is 0 Å². The Labute approximate surface area is 203 Å². The number of fused-ring (bicyclic) bond motifs is 1. The van der Waals surface area contributed by atoms with E-state index in [1.54, 1.807) is 32.1 Å². The Balaban J connectivity index is 2.20. The fraction of sp³-hybridized carbons (Fsp3) is 0.185. The van der Waals surface area contributed by atoms with E-state index in [2.05, 4.69) is 18.1 Å². The molecule has 0 atom stereocenters. The fourth-order valence-electron chi connectivity index (χ4n) is 3.94. The van der Waals surface area contributed by atoms with Crippen LogP contribution >= 0.6 is 0 Å². The smallest absolute Gasteiger partial charge is 0.344 e. The number of carbonyl (C=O) groups is 3. The lowest BCUT2D eigenvalue weighted by Crippen LogP contribution is -2.24. The molecule has 0 aliphatic carbocycles. The molecule has 0 fully saturated rings. The quantitative estimate of drug-likeness (QED) is 0.196. The van der Waals surface area contributed by atoms with Crippen molar-refractivity contribution in [1.82, 2.24) is 9.55 Å². The third-order valence-corrected chi connectivity index (χ3v) is 5.46. The minimum atomic E-state index is -1.10. The highest BCUT2D eigenvalue weighted by atomic mass is 16.6. The van der Waals surface area contributed by atoms with Crippen molar-refractivity contribution in [3.8, 4) is 5.88 Å². The Hall–Kier alpha value is -4.46. The molecule has 8 nitrogen and oxygen atoms in total. The predicted octanol–water partition coefficient (Wildman–Crippen LogP) is 3.76. The first-order chi connectivity index (χ1) is 16.8. The average Bonchev–Trinajstić information content (AvgIpc) is 3.13. The van der Waals surface area contributed by atoms with Gasteiger partial charge in [-0.05, 0) is 36.6 Å². The highest BCUT2D eigenvalue weighted by molar-refractivity contribution is 6.45. The van der Waals surface area contributed by atoms with Gasteiger partial charge in [0, 0.05) is 18.4 Å². The highest BCUT2D eigenvalue weighted by Gasteiger charge is 2.27. The zero-order valence-electron chi connectivity index (χ0n) is 19.7. The number of benzene rings is 1. The second kappa shape index (κ2) is 11.1. The Morgan fingerprint density at radius 1 is 1.17 bits per heavy atom. The summed E-state index contributed by atoms with van der Waals surface area (Å²) in [7, 11) is 0. The summed E-state index contributed by atoms with van der Waals surface area (Å²) in [5, 5.41) is 0.307. The molecule has 180 valence electrons. The van der Waals surface area contributed by atoms with Crippen molar-refractivity contribution in [3.63, 3.8) is 0 Å². The average molecular weight is 474 g/mol. The van der Waals surface area contributed by atoms with Crippen molar-refractivity contribution in [2.45, 2.75) is 20.4 Å². The molecule has 8 heteroatoms. The van der Waals surface area contributed by atoms with E-state index in [-0.39, 0.29) is 18.1 Å². The number of primary amides is 1. The number of esters is 1. The van der Waals surface area contributed by atoms with Crippen molar-refractivity contribution in [1.29, 1.82) is 0 Å². The SMILES string of the molecule is C=C/C=C(\C=C)c1ccccc1Cn1c(C)c(C(=O)C(N)=O)c2c(OCC(=O)OCC)nccc21. The molecule has 3 rings (SSSR count). The van der Waals surface area contributed by atoms with Gasteiger partial charge in [-0.2, -0.15) is 0 Å². The first-order valence-electron chi connectivity index (χ1n) is 11.0. The molecule has 3 aromatic rings. The zero-order valence-corrected chi connectivity index (χ0v) is 19.7. The summed E-state index contributed by atoms with van der Waals surface area (Å²) < 4.78 is 12.4. The van der Waals surface area contributed by atoms with Crippen LogP contribution in [0.2, 0.25) is 0 Å². The number of ketones is 1. The number of nitrogens with two attached hydrogens (primary N) is 1. The Bertz CT molecular complexity index is 1350. The van der Waals surface area contributed by atoms with Crippen LogP contribution in [0.5, 0.6) is 5.88 Å². The van der Waals surface area contributed by atoms with Crippen LogP contribution < -0.4 is 10.5 Å².